The van der Waals surface area contributed by atoms with Gasteiger partial charge in [0.05, 0.1) is 18.0 Å². The van der Waals surface area contributed by atoms with Gasteiger partial charge in [0, 0.05) is 41.7 Å². The van der Waals surface area contributed by atoms with E-state index in [1.54, 1.807) is 19.3 Å². The molecule has 7 rings (SSSR count). The molecule has 4 aliphatic rings. The number of hydrogen-bond acceptors (Lipinski definition) is 9. The molecule has 3 aromatic rings. The third-order valence-electron chi connectivity index (χ3n) is 9.25. The molecule has 0 saturated carbocycles. The highest BCUT2D eigenvalue weighted by Crippen LogP contribution is 2.44. The van der Waals surface area contributed by atoms with Crippen LogP contribution in [0.1, 0.15) is 66.1 Å². The smallest absolute Gasteiger partial charge is 0.294 e. The summed E-state index contributed by atoms with van der Waals surface area (Å²) in [6, 6.07) is 2.62. The number of hydrogen-bond donors (Lipinski definition) is 3. The van der Waals surface area contributed by atoms with Crippen LogP contribution in [-0.4, -0.2) is 85.4 Å². The number of amides is 1. The van der Waals surface area contributed by atoms with Gasteiger partial charge in [-0.2, -0.15) is 5.10 Å². The number of aromatic nitrogens is 5. The van der Waals surface area contributed by atoms with E-state index in [4.69, 9.17) is 5.41 Å². The predicted molar refractivity (Wildman–Crippen MR) is 158 cm³/mol. The summed E-state index contributed by atoms with van der Waals surface area (Å²) < 4.78 is 55.4. The minimum atomic E-state index is -3.71. The Hall–Kier alpha value is -4.27. The average Bonchev–Trinajstić information content (AvgIpc) is 3.67. The summed E-state index contributed by atoms with van der Waals surface area (Å²) >= 11 is 0. The minimum absolute atomic E-state index is 0.0896. The summed E-state index contributed by atoms with van der Waals surface area (Å²) in [5.74, 6) is -0.619. The van der Waals surface area contributed by atoms with Crippen LogP contribution in [0, 0.1) is 29.9 Å². The summed E-state index contributed by atoms with van der Waals surface area (Å²) in [5, 5.41) is 22.4. The molecule has 3 N–H and O–H groups in total. The molecule has 0 spiro atoms. The third-order valence-corrected chi connectivity index (χ3v) is 10.7. The summed E-state index contributed by atoms with van der Waals surface area (Å²) in [4.78, 5) is 23.8. The molecule has 4 atom stereocenters. The van der Waals surface area contributed by atoms with Crippen molar-refractivity contribution in [2.24, 2.45) is 10.9 Å². The highest BCUT2D eigenvalue weighted by Gasteiger charge is 2.51. The molecule has 4 unspecified atom stereocenters. The summed E-state index contributed by atoms with van der Waals surface area (Å²) in [7, 11) is -3.71. The Morgan fingerprint density at radius 2 is 1.86 bits per heavy atom. The van der Waals surface area contributed by atoms with Gasteiger partial charge in [-0.15, -0.1) is 5.10 Å². The number of carbonyl (C=O) groups is 1. The number of rotatable bonds is 5. The number of aliphatic imine (C=N–C) groups is 1. The molecule has 4 aliphatic heterocycles. The second-order valence-corrected chi connectivity index (χ2v) is 14.2. The number of nitrogens with zero attached hydrogens (tertiary/aromatic N) is 6. The highest BCUT2D eigenvalue weighted by atomic mass is 32.2. The van der Waals surface area contributed by atoms with Gasteiger partial charge in [0.15, 0.2) is 9.84 Å². The second-order valence-electron chi connectivity index (χ2n) is 12.1. The second kappa shape index (κ2) is 10.4. The van der Waals surface area contributed by atoms with Crippen LogP contribution in [0.25, 0.3) is 5.57 Å². The maximum atomic E-state index is 14.4. The Morgan fingerprint density at radius 1 is 1.11 bits per heavy atom. The number of H-pyrrole nitrogens is 1. The third kappa shape index (κ3) is 4.73. The number of sulfone groups is 1. The van der Waals surface area contributed by atoms with Crippen molar-refractivity contribution in [1.29, 1.82) is 5.41 Å². The van der Waals surface area contributed by atoms with Crippen molar-refractivity contribution < 1.29 is 22.0 Å². The monoisotopic (exact) mass is 623 g/mol. The first-order valence-electron chi connectivity index (χ1n) is 14.5. The number of carbonyl (C=O) groups excluding carboxylic acids is 1. The molecule has 2 saturated heterocycles. The average molecular weight is 624 g/mol. The number of anilines is 1. The van der Waals surface area contributed by atoms with Crippen LogP contribution in [0.15, 0.2) is 35.6 Å². The van der Waals surface area contributed by atoms with Gasteiger partial charge in [-0.25, -0.2) is 26.9 Å². The van der Waals surface area contributed by atoms with Crippen molar-refractivity contribution in [2.45, 2.75) is 68.8 Å². The van der Waals surface area contributed by atoms with Crippen molar-refractivity contribution >= 4 is 38.7 Å². The van der Waals surface area contributed by atoms with Crippen LogP contribution in [0.4, 0.5) is 14.6 Å². The highest BCUT2D eigenvalue weighted by molar-refractivity contribution is 7.92. The molecule has 12 nitrogen and oxygen atoms in total. The topological polar surface area (TPSA) is 162 Å². The fraction of sp³-hybridized carbons (Fsp3) is 0.448. The largest absolute Gasteiger partial charge is 0.365 e. The minimum Gasteiger partial charge on any atom is -0.365 e. The van der Waals surface area contributed by atoms with Gasteiger partial charge in [0.25, 0.3) is 5.91 Å². The van der Waals surface area contributed by atoms with Crippen LogP contribution in [0.2, 0.25) is 0 Å². The van der Waals surface area contributed by atoms with Crippen molar-refractivity contribution in [2.75, 3.05) is 11.6 Å². The quantitative estimate of drug-likeness (QED) is 0.393. The van der Waals surface area contributed by atoms with Crippen LogP contribution in [0.5, 0.6) is 0 Å². The summed E-state index contributed by atoms with van der Waals surface area (Å²) in [6.07, 6.45) is 8.01. The Bertz CT molecular complexity index is 1850. The molecule has 2 fully saturated rings. The number of piperidine rings is 1. The first-order chi connectivity index (χ1) is 21.0. The maximum absolute atomic E-state index is 14.4. The van der Waals surface area contributed by atoms with E-state index in [1.165, 1.54) is 16.8 Å². The van der Waals surface area contributed by atoms with Crippen molar-refractivity contribution in [3.8, 4) is 0 Å². The molecule has 44 heavy (non-hydrogen) atoms. The Morgan fingerprint density at radius 3 is 2.48 bits per heavy atom. The number of allylic oxidation sites excluding steroid dienone is 1. The number of halogens is 2. The molecule has 0 aliphatic carbocycles. The maximum Gasteiger partial charge on any atom is 0.294 e. The van der Waals surface area contributed by atoms with Gasteiger partial charge in [-0.3, -0.25) is 20.3 Å². The van der Waals surface area contributed by atoms with Crippen LogP contribution in [0.3, 0.4) is 0 Å². The molecular weight excluding hydrogens is 592 g/mol. The Labute approximate surface area is 252 Å². The number of aryl methyl sites for hydroxylation is 1. The Kier molecular flexibility index (Phi) is 6.75. The number of fused-ring (bicyclic) bond motifs is 3. The predicted octanol–water partition coefficient (Wildman–Crippen LogP) is 3.33. The van der Waals surface area contributed by atoms with Crippen LogP contribution < -0.4 is 5.32 Å². The standard InChI is InChI=1S/C29H31F2N9O3S/c1-14-35-27(38-37-14)29(41)39-18-5-6-19(39)10-16(9-18)24-25(44(2,42)43)26(32)40-28(36-24)21(13-34-40)15-3-8-23(33-12-15)20-7-4-17(30)11-22(20)31/h4,7,11-13,16,18-19,24-25,32,36H,3,5-6,8-10H2,1-2H3,(H,35,37,38). The molecule has 0 radical (unpaired) electrons. The van der Waals surface area contributed by atoms with Gasteiger partial charge in [0.1, 0.15) is 34.4 Å². The fourth-order valence-corrected chi connectivity index (χ4v) is 8.66. The van der Waals surface area contributed by atoms with Gasteiger partial charge in [-0.05, 0) is 69.1 Å². The molecule has 15 heteroatoms. The Balaban J connectivity index is 1.18. The van der Waals surface area contributed by atoms with E-state index < -0.39 is 32.8 Å². The summed E-state index contributed by atoms with van der Waals surface area (Å²) in [6.45, 7) is 1.73. The van der Waals surface area contributed by atoms with E-state index in [9.17, 15) is 22.0 Å². The SMILES string of the molecule is Cc1nc(C(=O)N2C3CCC2CC(C2Nc4c(C5=CN=C(c6ccc(F)cc6F)CC5)cnn4C(=N)C2S(C)(=O)=O)C3)n[nH]1. The fourth-order valence-electron chi connectivity index (χ4n) is 7.33. The van der Waals surface area contributed by atoms with E-state index in [2.05, 4.69) is 30.6 Å². The molecule has 6 heterocycles. The van der Waals surface area contributed by atoms with Gasteiger partial charge < -0.3 is 10.2 Å². The molecule has 1 amide bonds. The lowest BCUT2D eigenvalue weighted by Crippen LogP contribution is -2.58. The lowest BCUT2D eigenvalue weighted by Gasteiger charge is -2.45. The van der Waals surface area contributed by atoms with Gasteiger partial charge >= 0.3 is 0 Å². The van der Waals surface area contributed by atoms with E-state index in [1.807, 2.05) is 4.90 Å². The number of nitrogens with one attached hydrogen (secondary N) is 3. The first-order valence-corrected chi connectivity index (χ1v) is 16.5. The molecular formula is C29H31F2N9O3S. The normalized spacial score (nSPS) is 26.6. The van der Waals surface area contributed by atoms with Crippen LogP contribution in [-0.2, 0) is 9.84 Å². The zero-order valence-electron chi connectivity index (χ0n) is 24.1. The van der Waals surface area contributed by atoms with Crippen molar-refractivity contribution in [3.63, 3.8) is 0 Å². The zero-order valence-corrected chi connectivity index (χ0v) is 24.9. The van der Waals surface area contributed by atoms with Crippen molar-refractivity contribution in [1.82, 2.24) is 29.9 Å². The lowest BCUT2D eigenvalue weighted by molar-refractivity contribution is 0.0496. The van der Waals surface area contributed by atoms with E-state index in [0.29, 0.717) is 48.6 Å². The number of benzene rings is 1. The molecule has 2 bridgehead atoms. The van der Waals surface area contributed by atoms with Gasteiger partial charge in [-0.1, -0.05) is 0 Å². The van der Waals surface area contributed by atoms with Crippen molar-refractivity contribution in [3.05, 3.63) is 65.0 Å². The van der Waals surface area contributed by atoms with E-state index in [-0.39, 0.29) is 41.1 Å². The first kappa shape index (κ1) is 28.5. The van der Waals surface area contributed by atoms with E-state index in [0.717, 1.165) is 30.7 Å². The lowest BCUT2D eigenvalue weighted by atomic mass is 9.82. The van der Waals surface area contributed by atoms with Crippen LogP contribution >= 0.6 is 0 Å². The van der Waals surface area contributed by atoms with E-state index >= 15 is 0 Å². The molecule has 2 aromatic heterocycles. The summed E-state index contributed by atoms with van der Waals surface area (Å²) in [5.41, 5.74) is 2.23. The van der Waals surface area contributed by atoms with Gasteiger partial charge in [0.2, 0.25) is 5.82 Å². The zero-order chi connectivity index (χ0) is 30.9. The number of aromatic amines is 1. The molecule has 230 valence electrons. The molecule has 1 aromatic carbocycles.